The summed E-state index contributed by atoms with van der Waals surface area (Å²) in [5.74, 6) is 0.403. The highest BCUT2D eigenvalue weighted by atomic mass is 19.1. The van der Waals surface area contributed by atoms with Crippen LogP contribution in [-0.4, -0.2) is 29.5 Å². The van der Waals surface area contributed by atoms with Gasteiger partial charge in [0.2, 0.25) is 5.95 Å². The van der Waals surface area contributed by atoms with Gasteiger partial charge in [0.1, 0.15) is 17.3 Å². The molecular formula is C22H23FN4O2. The molecule has 6 nitrogen and oxygen atoms in total. The van der Waals surface area contributed by atoms with Gasteiger partial charge in [-0.2, -0.15) is 0 Å². The van der Waals surface area contributed by atoms with Gasteiger partial charge in [0.05, 0.1) is 12.8 Å². The first-order valence-corrected chi connectivity index (χ1v) is 9.24. The third kappa shape index (κ3) is 5.51. The molecule has 2 aromatic carbocycles. The standard InChI is InChI=1S/C22H23FN4O2/c1-14-4-9-20(29-3)18(12-14)26-22-25-15(2)13-19(27-22)21(28)24-11-10-16-5-7-17(23)8-6-16/h4-9,12-13H,10-11H2,1-3H3,(H,24,28)(H,25,26,27). The Morgan fingerprint density at radius 1 is 1.07 bits per heavy atom. The molecule has 2 N–H and O–H groups in total. The van der Waals surface area contributed by atoms with Gasteiger partial charge in [-0.3, -0.25) is 4.79 Å². The first-order chi connectivity index (χ1) is 13.9. The highest BCUT2D eigenvalue weighted by molar-refractivity contribution is 5.92. The predicted molar refractivity (Wildman–Crippen MR) is 110 cm³/mol. The number of ether oxygens (including phenoxy) is 1. The van der Waals surface area contributed by atoms with Crippen LogP contribution < -0.4 is 15.4 Å². The second-order valence-electron chi connectivity index (χ2n) is 6.68. The van der Waals surface area contributed by atoms with Crippen LogP contribution in [0.3, 0.4) is 0 Å². The van der Waals surface area contributed by atoms with Crippen molar-refractivity contribution in [1.29, 1.82) is 0 Å². The molecule has 0 saturated carbocycles. The minimum Gasteiger partial charge on any atom is -0.495 e. The number of nitrogens with one attached hydrogen (secondary N) is 2. The van der Waals surface area contributed by atoms with Crippen molar-refractivity contribution in [2.45, 2.75) is 20.3 Å². The molecule has 0 fully saturated rings. The fraction of sp³-hybridized carbons (Fsp3) is 0.227. The average Bonchev–Trinajstić information content (AvgIpc) is 2.69. The molecule has 3 aromatic rings. The molecule has 1 amide bonds. The summed E-state index contributed by atoms with van der Waals surface area (Å²) in [5, 5.41) is 5.96. The Kier molecular flexibility index (Phi) is 6.39. The van der Waals surface area contributed by atoms with Gasteiger partial charge in [-0.05, 0) is 61.7 Å². The van der Waals surface area contributed by atoms with E-state index < -0.39 is 0 Å². The number of benzene rings is 2. The lowest BCUT2D eigenvalue weighted by atomic mass is 10.1. The maximum atomic E-state index is 13.0. The van der Waals surface area contributed by atoms with Gasteiger partial charge in [-0.25, -0.2) is 14.4 Å². The molecule has 0 spiro atoms. The number of halogens is 1. The first kappa shape index (κ1) is 20.3. The first-order valence-electron chi connectivity index (χ1n) is 9.24. The summed E-state index contributed by atoms with van der Waals surface area (Å²) in [6, 6.07) is 13.6. The van der Waals surface area contributed by atoms with E-state index >= 15 is 0 Å². The lowest BCUT2D eigenvalue weighted by Gasteiger charge is -2.12. The molecule has 0 aliphatic heterocycles. The van der Waals surface area contributed by atoms with Gasteiger partial charge in [0.15, 0.2) is 0 Å². The smallest absolute Gasteiger partial charge is 0.270 e. The number of nitrogens with zero attached hydrogens (tertiary/aromatic N) is 2. The van der Waals surface area contributed by atoms with Gasteiger partial charge in [0, 0.05) is 12.2 Å². The summed E-state index contributed by atoms with van der Waals surface area (Å²) < 4.78 is 18.3. The molecule has 7 heteroatoms. The molecule has 0 atom stereocenters. The zero-order chi connectivity index (χ0) is 20.8. The summed E-state index contributed by atoms with van der Waals surface area (Å²) in [5.41, 5.74) is 3.66. The van der Waals surface area contributed by atoms with E-state index in [4.69, 9.17) is 4.74 Å². The van der Waals surface area contributed by atoms with Crippen molar-refractivity contribution >= 4 is 17.5 Å². The van der Waals surface area contributed by atoms with Crippen LogP contribution in [0.4, 0.5) is 16.0 Å². The molecule has 0 aliphatic carbocycles. The lowest BCUT2D eigenvalue weighted by Crippen LogP contribution is -2.27. The van der Waals surface area contributed by atoms with Crippen LogP contribution in [0.5, 0.6) is 5.75 Å². The van der Waals surface area contributed by atoms with Crippen molar-refractivity contribution in [2.24, 2.45) is 0 Å². The summed E-state index contributed by atoms with van der Waals surface area (Å²) in [4.78, 5) is 21.2. The van der Waals surface area contributed by atoms with Crippen LogP contribution in [0.25, 0.3) is 0 Å². The van der Waals surface area contributed by atoms with Gasteiger partial charge in [0.25, 0.3) is 5.91 Å². The Balaban J connectivity index is 1.69. The Bertz CT molecular complexity index is 1010. The van der Waals surface area contributed by atoms with E-state index in [2.05, 4.69) is 20.6 Å². The molecule has 29 heavy (non-hydrogen) atoms. The van der Waals surface area contributed by atoms with Crippen molar-refractivity contribution in [3.63, 3.8) is 0 Å². The van der Waals surface area contributed by atoms with Crippen LogP contribution >= 0.6 is 0 Å². The molecule has 0 saturated heterocycles. The van der Waals surface area contributed by atoms with Crippen LogP contribution in [0.1, 0.15) is 27.3 Å². The number of rotatable bonds is 7. The highest BCUT2D eigenvalue weighted by Crippen LogP contribution is 2.27. The second kappa shape index (κ2) is 9.14. The Labute approximate surface area is 169 Å². The van der Waals surface area contributed by atoms with E-state index in [-0.39, 0.29) is 17.4 Å². The molecule has 0 radical (unpaired) electrons. The van der Waals surface area contributed by atoms with E-state index in [1.54, 1.807) is 32.2 Å². The van der Waals surface area contributed by atoms with Gasteiger partial charge >= 0.3 is 0 Å². The minimum atomic E-state index is -0.295. The number of methoxy groups -OCH3 is 1. The fourth-order valence-corrected chi connectivity index (χ4v) is 2.84. The largest absolute Gasteiger partial charge is 0.495 e. The van der Waals surface area contributed by atoms with E-state index in [9.17, 15) is 9.18 Å². The molecule has 1 heterocycles. The van der Waals surface area contributed by atoms with E-state index in [0.717, 1.165) is 16.8 Å². The molecule has 0 bridgehead atoms. The zero-order valence-electron chi connectivity index (χ0n) is 16.6. The van der Waals surface area contributed by atoms with Gasteiger partial charge in [-0.15, -0.1) is 0 Å². The quantitative estimate of drug-likeness (QED) is 0.634. The topological polar surface area (TPSA) is 76.1 Å². The maximum Gasteiger partial charge on any atom is 0.270 e. The van der Waals surface area contributed by atoms with E-state index in [1.165, 1.54) is 12.1 Å². The highest BCUT2D eigenvalue weighted by Gasteiger charge is 2.12. The second-order valence-corrected chi connectivity index (χ2v) is 6.68. The number of anilines is 2. The average molecular weight is 394 g/mol. The third-order valence-corrected chi connectivity index (χ3v) is 4.30. The van der Waals surface area contributed by atoms with Crippen molar-refractivity contribution in [3.8, 4) is 5.75 Å². The fourth-order valence-electron chi connectivity index (χ4n) is 2.84. The monoisotopic (exact) mass is 394 g/mol. The van der Waals surface area contributed by atoms with E-state index in [0.29, 0.717) is 30.4 Å². The molecule has 1 aromatic heterocycles. The maximum absolute atomic E-state index is 13.0. The van der Waals surface area contributed by atoms with Crippen molar-refractivity contribution in [2.75, 3.05) is 19.0 Å². The molecule has 150 valence electrons. The summed E-state index contributed by atoms with van der Waals surface area (Å²) in [6.45, 7) is 4.19. The summed E-state index contributed by atoms with van der Waals surface area (Å²) in [7, 11) is 1.59. The molecule has 3 rings (SSSR count). The third-order valence-electron chi connectivity index (χ3n) is 4.30. The van der Waals surface area contributed by atoms with Crippen LogP contribution in [-0.2, 0) is 6.42 Å². The number of hydrogen-bond acceptors (Lipinski definition) is 5. The summed E-state index contributed by atoms with van der Waals surface area (Å²) in [6.07, 6.45) is 0.599. The van der Waals surface area contributed by atoms with Crippen molar-refractivity contribution < 1.29 is 13.9 Å². The number of hydrogen-bond donors (Lipinski definition) is 2. The van der Waals surface area contributed by atoms with Crippen molar-refractivity contribution in [3.05, 3.63) is 76.9 Å². The van der Waals surface area contributed by atoms with Crippen LogP contribution in [0.15, 0.2) is 48.5 Å². The minimum absolute atomic E-state index is 0.269. The number of aromatic nitrogens is 2. The lowest BCUT2D eigenvalue weighted by molar-refractivity contribution is 0.0949. The number of carbonyl (C=O) groups excluding carboxylic acids is 1. The zero-order valence-corrected chi connectivity index (χ0v) is 16.6. The number of carbonyl (C=O) groups is 1. The van der Waals surface area contributed by atoms with Crippen molar-refractivity contribution in [1.82, 2.24) is 15.3 Å². The predicted octanol–water partition coefficient (Wildman–Crippen LogP) is 3.96. The molecular weight excluding hydrogens is 371 g/mol. The Hall–Kier alpha value is -3.48. The van der Waals surface area contributed by atoms with Crippen LogP contribution in [0, 0.1) is 19.7 Å². The number of aryl methyl sites for hydroxylation is 2. The summed E-state index contributed by atoms with van der Waals surface area (Å²) >= 11 is 0. The van der Waals surface area contributed by atoms with Gasteiger partial charge in [-0.1, -0.05) is 18.2 Å². The Morgan fingerprint density at radius 3 is 2.55 bits per heavy atom. The van der Waals surface area contributed by atoms with Gasteiger partial charge < -0.3 is 15.4 Å². The SMILES string of the molecule is COc1ccc(C)cc1Nc1nc(C)cc(C(=O)NCCc2ccc(F)cc2)n1. The number of amides is 1. The van der Waals surface area contributed by atoms with Crippen LogP contribution in [0.2, 0.25) is 0 Å². The Morgan fingerprint density at radius 2 is 1.83 bits per heavy atom. The normalized spacial score (nSPS) is 10.5. The molecule has 0 aliphatic rings. The van der Waals surface area contributed by atoms with E-state index in [1.807, 2.05) is 25.1 Å². The molecule has 0 unspecified atom stereocenters.